The Labute approximate surface area is 164 Å². The molecule has 1 heterocycles. The van der Waals surface area contributed by atoms with Gasteiger partial charge in [-0.2, -0.15) is 0 Å². The summed E-state index contributed by atoms with van der Waals surface area (Å²) in [6, 6.07) is 11.0. The SMILES string of the molecule is CCc1c(NC(=O)c2ccc(Br)cc2Cl)ccc2cc(CCl)cnc12. The molecule has 1 aromatic heterocycles. The molecule has 1 N–H and O–H groups in total. The fourth-order valence-corrected chi connectivity index (χ4v) is 3.62. The summed E-state index contributed by atoms with van der Waals surface area (Å²) in [5.74, 6) is 0.175. The molecular formula is C19H15BrCl2N2O. The van der Waals surface area contributed by atoms with E-state index in [1.807, 2.05) is 25.1 Å². The van der Waals surface area contributed by atoms with Crippen molar-refractivity contribution in [3.63, 3.8) is 0 Å². The maximum atomic E-state index is 12.6. The van der Waals surface area contributed by atoms with E-state index in [0.29, 0.717) is 16.5 Å². The number of rotatable bonds is 4. The first-order valence-corrected chi connectivity index (χ1v) is 9.47. The van der Waals surface area contributed by atoms with Crippen molar-refractivity contribution in [1.82, 2.24) is 4.98 Å². The van der Waals surface area contributed by atoms with Gasteiger partial charge < -0.3 is 5.32 Å². The summed E-state index contributed by atoms with van der Waals surface area (Å²) in [5.41, 5.74) is 3.99. The first kappa shape index (κ1) is 18.2. The van der Waals surface area contributed by atoms with Crippen LogP contribution < -0.4 is 5.32 Å². The minimum atomic E-state index is -0.246. The molecule has 25 heavy (non-hydrogen) atoms. The topological polar surface area (TPSA) is 42.0 Å². The van der Waals surface area contributed by atoms with Crippen molar-refractivity contribution in [2.75, 3.05) is 5.32 Å². The Morgan fingerprint density at radius 2 is 2.04 bits per heavy atom. The number of benzene rings is 2. The Hall–Kier alpha value is -1.62. The molecule has 3 aromatic rings. The number of hydrogen-bond donors (Lipinski definition) is 1. The second-order valence-electron chi connectivity index (χ2n) is 5.57. The standard InChI is InChI=1S/C19H15BrCl2N2O/c1-2-14-17(6-3-12-7-11(9-21)10-23-18(12)14)24-19(25)15-5-4-13(20)8-16(15)22/h3-8,10H,2,9H2,1H3,(H,24,25). The fourth-order valence-electron chi connectivity index (χ4n) is 2.72. The highest BCUT2D eigenvalue weighted by Gasteiger charge is 2.14. The van der Waals surface area contributed by atoms with Crippen molar-refractivity contribution >= 4 is 61.6 Å². The molecule has 0 aliphatic heterocycles. The molecule has 0 atom stereocenters. The van der Waals surface area contributed by atoms with Crippen LogP contribution in [-0.2, 0) is 12.3 Å². The molecule has 0 saturated carbocycles. The van der Waals surface area contributed by atoms with Crippen molar-refractivity contribution in [1.29, 1.82) is 0 Å². The number of alkyl halides is 1. The second-order valence-corrected chi connectivity index (χ2v) is 7.16. The van der Waals surface area contributed by atoms with E-state index in [9.17, 15) is 4.79 Å². The second kappa shape index (κ2) is 7.73. The molecule has 0 aliphatic carbocycles. The van der Waals surface area contributed by atoms with Gasteiger partial charge in [0.1, 0.15) is 0 Å². The summed E-state index contributed by atoms with van der Waals surface area (Å²) >= 11 is 15.4. The lowest BCUT2D eigenvalue weighted by Crippen LogP contribution is -2.14. The molecule has 0 unspecified atom stereocenters. The molecule has 0 saturated heterocycles. The maximum Gasteiger partial charge on any atom is 0.257 e. The minimum Gasteiger partial charge on any atom is -0.322 e. The molecule has 3 rings (SSSR count). The van der Waals surface area contributed by atoms with Crippen LogP contribution in [0.5, 0.6) is 0 Å². The number of aryl methyl sites for hydroxylation is 1. The molecule has 128 valence electrons. The van der Waals surface area contributed by atoms with E-state index < -0.39 is 0 Å². The van der Waals surface area contributed by atoms with Crippen molar-refractivity contribution in [2.45, 2.75) is 19.2 Å². The Kier molecular flexibility index (Phi) is 5.62. The normalized spacial score (nSPS) is 10.9. The van der Waals surface area contributed by atoms with Gasteiger partial charge in [-0.1, -0.05) is 40.5 Å². The lowest BCUT2D eigenvalue weighted by atomic mass is 10.0. The largest absolute Gasteiger partial charge is 0.322 e. The van der Waals surface area contributed by atoms with Crippen molar-refractivity contribution in [2.24, 2.45) is 0 Å². The van der Waals surface area contributed by atoms with Crippen LogP contribution in [0.25, 0.3) is 10.9 Å². The molecule has 0 radical (unpaired) electrons. The number of nitrogens with one attached hydrogen (secondary N) is 1. The third kappa shape index (κ3) is 3.81. The number of carbonyl (C=O) groups is 1. The molecule has 3 nitrogen and oxygen atoms in total. The van der Waals surface area contributed by atoms with Gasteiger partial charge in [-0.3, -0.25) is 9.78 Å². The van der Waals surface area contributed by atoms with E-state index in [2.05, 4.69) is 26.2 Å². The van der Waals surface area contributed by atoms with E-state index in [0.717, 1.165) is 38.6 Å². The van der Waals surface area contributed by atoms with E-state index in [1.165, 1.54) is 0 Å². The maximum absolute atomic E-state index is 12.6. The fraction of sp³-hybridized carbons (Fsp3) is 0.158. The van der Waals surface area contributed by atoms with Crippen molar-refractivity contribution in [3.05, 3.63) is 68.8 Å². The predicted octanol–water partition coefficient (Wildman–Crippen LogP) is 6.20. The highest BCUT2D eigenvalue weighted by molar-refractivity contribution is 9.10. The van der Waals surface area contributed by atoms with Crippen LogP contribution in [0.1, 0.15) is 28.4 Å². The zero-order valence-electron chi connectivity index (χ0n) is 13.4. The average Bonchev–Trinajstić information content (AvgIpc) is 2.60. The molecule has 6 heteroatoms. The van der Waals surface area contributed by atoms with Crippen LogP contribution in [0.4, 0.5) is 5.69 Å². The number of amides is 1. The van der Waals surface area contributed by atoms with Gasteiger partial charge in [-0.15, -0.1) is 11.6 Å². The van der Waals surface area contributed by atoms with Gasteiger partial charge >= 0.3 is 0 Å². The summed E-state index contributed by atoms with van der Waals surface area (Å²) in [7, 11) is 0. The van der Waals surface area contributed by atoms with Gasteiger partial charge in [-0.25, -0.2) is 0 Å². The highest BCUT2D eigenvalue weighted by Crippen LogP contribution is 2.28. The van der Waals surface area contributed by atoms with Crippen LogP contribution in [0.3, 0.4) is 0 Å². The quantitative estimate of drug-likeness (QED) is 0.493. The van der Waals surface area contributed by atoms with Crippen molar-refractivity contribution < 1.29 is 4.79 Å². The molecule has 0 spiro atoms. The summed E-state index contributed by atoms with van der Waals surface area (Å²) in [4.78, 5) is 17.1. The number of aromatic nitrogens is 1. The molecule has 2 aromatic carbocycles. The van der Waals surface area contributed by atoms with Crippen LogP contribution in [0, 0.1) is 0 Å². The van der Waals surface area contributed by atoms with Gasteiger partial charge in [0.2, 0.25) is 0 Å². The number of carbonyl (C=O) groups excluding carboxylic acids is 1. The Balaban J connectivity index is 1.99. The molecule has 0 bridgehead atoms. The van der Waals surface area contributed by atoms with Gasteiger partial charge in [0, 0.05) is 33.2 Å². The first-order valence-electron chi connectivity index (χ1n) is 7.76. The van der Waals surface area contributed by atoms with Crippen LogP contribution in [0.2, 0.25) is 5.02 Å². The zero-order valence-corrected chi connectivity index (χ0v) is 16.5. The van der Waals surface area contributed by atoms with Gasteiger partial charge in [0.15, 0.2) is 0 Å². The molecule has 0 fully saturated rings. The number of halogens is 3. The number of anilines is 1. The third-order valence-electron chi connectivity index (χ3n) is 3.95. The number of hydrogen-bond acceptors (Lipinski definition) is 2. The summed E-state index contributed by atoms with van der Waals surface area (Å²) in [6.45, 7) is 2.04. The van der Waals surface area contributed by atoms with Crippen LogP contribution in [0.15, 0.2) is 47.1 Å². The van der Waals surface area contributed by atoms with Gasteiger partial charge in [0.05, 0.1) is 16.1 Å². The molecule has 1 amide bonds. The zero-order chi connectivity index (χ0) is 18.0. The predicted molar refractivity (Wildman–Crippen MR) is 108 cm³/mol. The molecule has 0 aliphatic rings. The summed E-state index contributed by atoms with van der Waals surface area (Å²) in [5, 5.41) is 4.36. The Morgan fingerprint density at radius 1 is 1.24 bits per heavy atom. The number of pyridine rings is 1. The molecular weight excluding hydrogens is 423 g/mol. The Morgan fingerprint density at radius 3 is 2.72 bits per heavy atom. The lowest BCUT2D eigenvalue weighted by molar-refractivity contribution is 0.102. The number of fused-ring (bicyclic) bond motifs is 1. The van der Waals surface area contributed by atoms with Gasteiger partial charge in [0.25, 0.3) is 5.91 Å². The smallest absolute Gasteiger partial charge is 0.257 e. The number of nitrogens with zero attached hydrogens (tertiary/aromatic N) is 1. The van der Waals surface area contributed by atoms with E-state index >= 15 is 0 Å². The summed E-state index contributed by atoms with van der Waals surface area (Å²) < 4.78 is 0.827. The average molecular weight is 438 g/mol. The first-order chi connectivity index (χ1) is 12.0. The highest BCUT2D eigenvalue weighted by atomic mass is 79.9. The minimum absolute atomic E-state index is 0.246. The Bertz CT molecular complexity index is 960. The van der Waals surface area contributed by atoms with Crippen LogP contribution in [-0.4, -0.2) is 10.9 Å². The summed E-state index contributed by atoms with van der Waals surface area (Å²) in [6.07, 6.45) is 2.51. The van der Waals surface area contributed by atoms with Gasteiger partial charge in [-0.05, 0) is 42.3 Å². The van der Waals surface area contributed by atoms with E-state index in [1.54, 1.807) is 24.4 Å². The third-order valence-corrected chi connectivity index (χ3v) is 5.06. The monoisotopic (exact) mass is 436 g/mol. The van der Waals surface area contributed by atoms with Crippen molar-refractivity contribution in [3.8, 4) is 0 Å². The van der Waals surface area contributed by atoms with Crippen LogP contribution >= 0.6 is 39.1 Å². The lowest BCUT2D eigenvalue weighted by Gasteiger charge is -2.13. The van der Waals surface area contributed by atoms with E-state index in [4.69, 9.17) is 23.2 Å². The van der Waals surface area contributed by atoms with E-state index in [-0.39, 0.29) is 5.91 Å².